The van der Waals surface area contributed by atoms with Gasteiger partial charge in [0.2, 0.25) is 0 Å². The van der Waals surface area contributed by atoms with Crippen molar-refractivity contribution in [2.45, 2.75) is 0 Å². The smallest absolute Gasteiger partial charge is 0.261 e. The van der Waals surface area contributed by atoms with Crippen LogP contribution < -0.4 is 0 Å². The molecule has 2 aromatic rings. The molecule has 1 aliphatic rings. The van der Waals surface area contributed by atoms with Crippen LogP contribution in [0.1, 0.15) is 26.4 Å². The van der Waals surface area contributed by atoms with Gasteiger partial charge in [0.15, 0.2) is 0 Å². The maximum atomic E-state index is 12.3. The van der Waals surface area contributed by atoms with Gasteiger partial charge >= 0.3 is 0 Å². The fraction of sp³-hybridized carbons (Fsp3) is 0.0667. The van der Waals surface area contributed by atoms with E-state index in [1.807, 2.05) is 0 Å². The average Bonchev–Trinajstić information content (AvgIpc) is 2.78. The van der Waals surface area contributed by atoms with Crippen molar-refractivity contribution in [2.75, 3.05) is 6.54 Å². The Hall–Kier alpha value is -2.44. The SMILES string of the molecule is O=C1c2ccccc2C(=O)N1CC(=NO)c1ncc(Cl)cc1Cl. The highest BCUT2D eigenvalue weighted by molar-refractivity contribution is 6.36. The van der Waals surface area contributed by atoms with Crippen molar-refractivity contribution in [2.24, 2.45) is 5.16 Å². The Labute approximate surface area is 140 Å². The van der Waals surface area contributed by atoms with Gasteiger partial charge in [0, 0.05) is 6.20 Å². The summed E-state index contributed by atoms with van der Waals surface area (Å²) in [5, 5.41) is 12.8. The van der Waals surface area contributed by atoms with Crippen molar-refractivity contribution in [1.82, 2.24) is 9.88 Å². The summed E-state index contributed by atoms with van der Waals surface area (Å²) in [6, 6.07) is 7.91. The van der Waals surface area contributed by atoms with E-state index in [0.29, 0.717) is 16.1 Å². The number of nitrogens with zero attached hydrogens (tertiary/aromatic N) is 3. The van der Waals surface area contributed by atoms with Crippen LogP contribution in [0.5, 0.6) is 0 Å². The number of pyridine rings is 1. The Bertz CT molecular complexity index is 817. The van der Waals surface area contributed by atoms with Crippen LogP contribution in [0.4, 0.5) is 0 Å². The standard InChI is InChI=1S/C15H9Cl2N3O3/c16-8-5-11(17)13(18-6-8)12(19-23)7-20-14(21)9-3-1-2-4-10(9)15(20)22/h1-6,23H,7H2. The third-order valence-corrected chi connectivity index (χ3v) is 3.88. The summed E-state index contributed by atoms with van der Waals surface area (Å²) in [6.07, 6.45) is 1.33. The van der Waals surface area contributed by atoms with Gasteiger partial charge in [-0.15, -0.1) is 0 Å². The molecule has 8 heteroatoms. The van der Waals surface area contributed by atoms with E-state index in [1.54, 1.807) is 24.3 Å². The molecular formula is C15H9Cl2N3O3. The van der Waals surface area contributed by atoms with Crippen LogP contribution in [-0.2, 0) is 0 Å². The number of amides is 2. The van der Waals surface area contributed by atoms with Gasteiger partial charge in [-0.25, -0.2) is 0 Å². The molecule has 2 amide bonds. The molecule has 1 aromatic heterocycles. The van der Waals surface area contributed by atoms with Crippen molar-refractivity contribution >= 4 is 40.7 Å². The Morgan fingerprint density at radius 2 is 1.78 bits per heavy atom. The molecule has 2 heterocycles. The molecule has 0 saturated heterocycles. The molecule has 1 aliphatic heterocycles. The molecule has 0 saturated carbocycles. The van der Waals surface area contributed by atoms with Gasteiger partial charge in [-0.1, -0.05) is 40.5 Å². The second-order valence-corrected chi connectivity index (χ2v) is 5.62. The van der Waals surface area contributed by atoms with Crippen molar-refractivity contribution in [3.8, 4) is 0 Å². The van der Waals surface area contributed by atoms with E-state index in [1.165, 1.54) is 12.3 Å². The maximum absolute atomic E-state index is 12.3. The molecule has 0 fully saturated rings. The van der Waals surface area contributed by atoms with E-state index in [2.05, 4.69) is 10.1 Å². The van der Waals surface area contributed by atoms with Gasteiger partial charge in [-0.3, -0.25) is 19.5 Å². The van der Waals surface area contributed by atoms with E-state index in [9.17, 15) is 14.8 Å². The first-order valence-corrected chi connectivity index (χ1v) is 7.26. The van der Waals surface area contributed by atoms with E-state index >= 15 is 0 Å². The van der Waals surface area contributed by atoms with Crippen molar-refractivity contribution < 1.29 is 14.8 Å². The number of fused-ring (bicyclic) bond motifs is 1. The number of aromatic nitrogens is 1. The number of imide groups is 1. The lowest BCUT2D eigenvalue weighted by Crippen LogP contribution is -2.35. The van der Waals surface area contributed by atoms with Gasteiger partial charge in [0.25, 0.3) is 11.8 Å². The van der Waals surface area contributed by atoms with Crippen LogP contribution >= 0.6 is 23.2 Å². The van der Waals surface area contributed by atoms with Crippen LogP contribution in [-0.4, -0.2) is 39.2 Å². The Morgan fingerprint density at radius 1 is 1.17 bits per heavy atom. The lowest BCUT2D eigenvalue weighted by molar-refractivity contribution is 0.0677. The van der Waals surface area contributed by atoms with Crippen LogP contribution in [0.25, 0.3) is 0 Å². The van der Waals surface area contributed by atoms with Gasteiger partial charge in [0.1, 0.15) is 11.4 Å². The molecule has 1 N–H and O–H groups in total. The van der Waals surface area contributed by atoms with Gasteiger partial charge < -0.3 is 5.21 Å². The summed E-state index contributed by atoms with van der Waals surface area (Å²) < 4.78 is 0. The normalized spacial score (nSPS) is 14.3. The van der Waals surface area contributed by atoms with Gasteiger partial charge in [-0.05, 0) is 18.2 Å². The number of oxime groups is 1. The largest absolute Gasteiger partial charge is 0.411 e. The van der Waals surface area contributed by atoms with E-state index < -0.39 is 11.8 Å². The minimum Gasteiger partial charge on any atom is -0.411 e. The van der Waals surface area contributed by atoms with Crippen LogP contribution in [0.3, 0.4) is 0 Å². The fourth-order valence-electron chi connectivity index (χ4n) is 2.31. The summed E-state index contributed by atoms with van der Waals surface area (Å²) in [7, 11) is 0. The molecule has 0 unspecified atom stereocenters. The number of rotatable bonds is 3. The van der Waals surface area contributed by atoms with Crippen molar-refractivity contribution in [3.05, 3.63) is 63.4 Å². The molecule has 3 rings (SSSR count). The van der Waals surface area contributed by atoms with Crippen LogP contribution in [0, 0.1) is 0 Å². The number of hydrogen-bond acceptors (Lipinski definition) is 5. The lowest BCUT2D eigenvalue weighted by atomic mass is 10.1. The second kappa shape index (κ2) is 5.98. The second-order valence-electron chi connectivity index (χ2n) is 4.77. The topological polar surface area (TPSA) is 82.9 Å². The monoisotopic (exact) mass is 349 g/mol. The van der Waals surface area contributed by atoms with E-state index in [0.717, 1.165) is 4.90 Å². The summed E-state index contributed by atoms with van der Waals surface area (Å²) in [6.45, 7) is -0.253. The zero-order valence-corrected chi connectivity index (χ0v) is 13.0. The Kier molecular flexibility index (Phi) is 4.02. The molecular weight excluding hydrogens is 341 g/mol. The summed E-state index contributed by atoms with van der Waals surface area (Å²) in [4.78, 5) is 29.6. The first-order valence-electron chi connectivity index (χ1n) is 6.50. The molecule has 0 bridgehead atoms. The zero-order chi connectivity index (χ0) is 16.6. The zero-order valence-electron chi connectivity index (χ0n) is 11.5. The summed E-state index contributed by atoms with van der Waals surface area (Å²) >= 11 is 11.8. The third kappa shape index (κ3) is 2.67. The predicted molar refractivity (Wildman–Crippen MR) is 84.4 cm³/mol. The Balaban J connectivity index is 1.92. The third-order valence-electron chi connectivity index (χ3n) is 3.39. The quantitative estimate of drug-likeness (QED) is 0.399. The van der Waals surface area contributed by atoms with Crippen molar-refractivity contribution in [3.63, 3.8) is 0 Å². The van der Waals surface area contributed by atoms with Gasteiger partial charge in [0.05, 0.1) is 27.7 Å². The Morgan fingerprint density at radius 3 is 2.30 bits per heavy atom. The van der Waals surface area contributed by atoms with Gasteiger partial charge in [-0.2, -0.15) is 0 Å². The lowest BCUT2D eigenvalue weighted by Gasteiger charge is -2.14. The van der Waals surface area contributed by atoms with Crippen molar-refractivity contribution in [1.29, 1.82) is 0 Å². The average molecular weight is 350 g/mol. The van der Waals surface area contributed by atoms with E-state index in [4.69, 9.17) is 23.2 Å². The minimum atomic E-state index is -0.461. The van der Waals surface area contributed by atoms with E-state index in [-0.39, 0.29) is 23.0 Å². The molecule has 1 aromatic carbocycles. The number of carbonyl (C=O) groups excluding carboxylic acids is 2. The molecule has 0 aliphatic carbocycles. The predicted octanol–water partition coefficient (Wildman–Crippen LogP) is 2.86. The molecule has 116 valence electrons. The highest BCUT2D eigenvalue weighted by Crippen LogP contribution is 2.24. The molecule has 0 spiro atoms. The fourth-order valence-corrected chi connectivity index (χ4v) is 2.80. The highest BCUT2D eigenvalue weighted by atomic mass is 35.5. The number of halogens is 2. The minimum absolute atomic E-state index is 0.0128. The first-order chi connectivity index (χ1) is 11.0. The molecule has 0 atom stereocenters. The number of carbonyl (C=O) groups is 2. The van der Waals surface area contributed by atoms with Crippen LogP contribution in [0.15, 0.2) is 41.7 Å². The maximum Gasteiger partial charge on any atom is 0.261 e. The molecule has 6 nitrogen and oxygen atoms in total. The first kappa shape index (κ1) is 15.5. The number of hydrogen-bond donors (Lipinski definition) is 1. The summed E-state index contributed by atoms with van der Waals surface area (Å²) in [5.41, 5.74) is 0.756. The molecule has 0 radical (unpaired) electrons. The van der Waals surface area contributed by atoms with Crippen LogP contribution in [0.2, 0.25) is 10.0 Å². The summed E-state index contributed by atoms with van der Waals surface area (Å²) in [5.74, 6) is -0.923. The highest BCUT2D eigenvalue weighted by Gasteiger charge is 2.36. The molecule has 23 heavy (non-hydrogen) atoms. The number of benzene rings is 1.